The van der Waals surface area contributed by atoms with Crippen LogP contribution in [0.1, 0.15) is 226 Å². The number of carbonyl (C=O) groups excluding carboxylic acids is 2. The summed E-state index contributed by atoms with van der Waals surface area (Å²) in [6, 6.07) is -0.617. The van der Waals surface area contributed by atoms with Crippen LogP contribution in [-0.2, 0) is 28.6 Å². The zero-order valence-electron chi connectivity index (χ0n) is 42.2. The van der Waals surface area contributed by atoms with E-state index in [9.17, 15) is 19.5 Å². The van der Waals surface area contributed by atoms with E-state index in [0.29, 0.717) is 19.3 Å². The van der Waals surface area contributed by atoms with Crippen LogP contribution in [0, 0.1) is 0 Å². The highest BCUT2D eigenvalue weighted by Gasteiger charge is 2.31. The highest BCUT2D eigenvalue weighted by Crippen LogP contribution is 2.16. The molecule has 0 radical (unpaired) electrons. The smallest absolute Gasteiger partial charge is 0.362 e. The van der Waals surface area contributed by atoms with Crippen LogP contribution in [0.4, 0.5) is 0 Å². The Hall–Kier alpha value is -2.97. The number of rotatable bonds is 47. The summed E-state index contributed by atoms with van der Waals surface area (Å²) in [6.45, 7) is 4.64. The molecule has 0 saturated carbocycles. The predicted molar refractivity (Wildman–Crippen MR) is 271 cm³/mol. The molecule has 0 aromatic carbocycles. The van der Waals surface area contributed by atoms with E-state index in [2.05, 4.69) is 74.6 Å². The van der Waals surface area contributed by atoms with Gasteiger partial charge >= 0.3 is 17.9 Å². The molecule has 0 saturated heterocycles. The summed E-state index contributed by atoms with van der Waals surface area (Å²) in [5.41, 5.74) is 0. The Balaban J connectivity index is 4.24. The van der Waals surface area contributed by atoms with Crippen LogP contribution < -0.4 is 0 Å². The van der Waals surface area contributed by atoms with Gasteiger partial charge in [0.05, 0.1) is 34.4 Å². The Kier molecular flexibility index (Phi) is 44.4. The van der Waals surface area contributed by atoms with Gasteiger partial charge in [0, 0.05) is 19.3 Å². The van der Waals surface area contributed by atoms with E-state index < -0.39 is 18.1 Å². The van der Waals surface area contributed by atoms with Gasteiger partial charge in [-0.3, -0.25) is 9.59 Å². The fourth-order valence-corrected chi connectivity index (χ4v) is 7.65. The first kappa shape index (κ1) is 61.0. The van der Waals surface area contributed by atoms with Gasteiger partial charge in [0.2, 0.25) is 0 Å². The Labute approximate surface area is 394 Å². The summed E-state index contributed by atoms with van der Waals surface area (Å²) in [6.07, 6.45) is 58.4. The molecule has 0 rings (SSSR count). The lowest BCUT2D eigenvalue weighted by Gasteiger charge is -2.31. The van der Waals surface area contributed by atoms with Gasteiger partial charge in [0.1, 0.15) is 6.61 Å². The molecule has 370 valence electrons. The third-order valence-corrected chi connectivity index (χ3v) is 11.7. The number of nitrogens with zero attached hydrogens (tertiary/aromatic N) is 1. The zero-order chi connectivity index (χ0) is 47.0. The molecule has 0 bridgehead atoms. The second kappa shape index (κ2) is 46.6. The van der Waals surface area contributed by atoms with Gasteiger partial charge in [-0.05, 0) is 57.8 Å². The summed E-state index contributed by atoms with van der Waals surface area (Å²) < 4.78 is 17.4. The number of ether oxygens (including phenoxy) is 3. The Morgan fingerprint density at radius 3 is 1.30 bits per heavy atom. The van der Waals surface area contributed by atoms with Gasteiger partial charge in [-0.15, -0.1) is 0 Å². The van der Waals surface area contributed by atoms with Crippen molar-refractivity contribution in [2.45, 2.75) is 238 Å². The van der Waals surface area contributed by atoms with Crippen molar-refractivity contribution in [2.75, 3.05) is 41.0 Å². The average molecular weight is 899 g/mol. The maximum absolute atomic E-state index is 12.8. The molecule has 0 aromatic rings. The number of unbranched alkanes of at least 4 members (excludes halogenated alkanes) is 23. The maximum Gasteiger partial charge on any atom is 0.362 e. The van der Waals surface area contributed by atoms with Crippen molar-refractivity contribution in [2.24, 2.45) is 0 Å². The Morgan fingerprint density at radius 1 is 0.484 bits per heavy atom. The second-order valence-electron chi connectivity index (χ2n) is 18.8. The Bertz CT molecular complexity index is 1230. The summed E-state index contributed by atoms with van der Waals surface area (Å²) in [5.74, 6) is -1.47. The third-order valence-electron chi connectivity index (χ3n) is 11.7. The standard InChI is InChI=1S/C56H99NO7/c1-6-8-10-12-14-16-18-20-22-24-25-26-27-28-29-31-32-34-36-38-40-42-44-46-54(58)63-51-52(50-62-49-48-53(56(60)61)57(3,4)5)64-55(59)47-45-43-41-39-37-35-33-30-23-21-19-17-15-13-11-9-7-2/h8,10,14,16,20,22,25-26,28-29,52-53H,6-7,9,11-13,15,17-19,21,23-24,27,30-51H2,1-5H3/p+1/b10-8+,16-14+,22-20+,26-25+,29-28+. The quantitative estimate of drug-likeness (QED) is 0.0281. The molecule has 0 fully saturated rings. The van der Waals surface area contributed by atoms with E-state index in [1.54, 1.807) is 0 Å². The van der Waals surface area contributed by atoms with Crippen molar-refractivity contribution < 1.29 is 38.2 Å². The topological polar surface area (TPSA) is 99.1 Å². The second-order valence-corrected chi connectivity index (χ2v) is 18.8. The van der Waals surface area contributed by atoms with E-state index in [-0.39, 0.29) is 36.2 Å². The minimum atomic E-state index is -0.876. The number of carboxylic acids is 1. The SMILES string of the molecule is CC/C=C/C/C=C/C/C=C/C/C=C/C/C=C/CCCCCCCCCC(=O)OCC(COCCC(C(=O)O)[N+](C)(C)C)OC(=O)CCCCCCCCCCCCCCCCCCC. The van der Waals surface area contributed by atoms with Gasteiger partial charge in [0.25, 0.3) is 0 Å². The van der Waals surface area contributed by atoms with Crippen LogP contribution >= 0.6 is 0 Å². The number of hydrogen-bond acceptors (Lipinski definition) is 6. The van der Waals surface area contributed by atoms with Crippen molar-refractivity contribution in [1.29, 1.82) is 0 Å². The molecule has 64 heavy (non-hydrogen) atoms. The van der Waals surface area contributed by atoms with Gasteiger partial charge in [-0.25, -0.2) is 4.79 Å². The molecule has 2 atom stereocenters. The molecule has 2 unspecified atom stereocenters. The predicted octanol–water partition coefficient (Wildman–Crippen LogP) is 15.3. The van der Waals surface area contributed by atoms with E-state index in [0.717, 1.165) is 77.0 Å². The van der Waals surface area contributed by atoms with Crippen LogP contribution in [0.5, 0.6) is 0 Å². The lowest BCUT2D eigenvalue weighted by molar-refractivity contribution is -0.887. The molecule has 0 aliphatic carbocycles. The van der Waals surface area contributed by atoms with Crippen molar-refractivity contribution in [3.8, 4) is 0 Å². The summed E-state index contributed by atoms with van der Waals surface area (Å²) in [7, 11) is 5.54. The first-order chi connectivity index (χ1) is 31.1. The molecule has 1 N–H and O–H groups in total. The number of allylic oxidation sites excluding steroid dienone is 10. The van der Waals surface area contributed by atoms with Crippen molar-refractivity contribution >= 4 is 17.9 Å². The minimum Gasteiger partial charge on any atom is -0.477 e. The normalized spacial score (nSPS) is 13.3. The van der Waals surface area contributed by atoms with Crippen LogP contribution in [0.15, 0.2) is 60.8 Å². The molecule has 8 heteroatoms. The Morgan fingerprint density at radius 2 is 0.875 bits per heavy atom. The number of likely N-dealkylation sites (N-methyl/N-ethyl adjacent to an activating group) is 1. The van der Waals surface area contributed by atoms with Crippen molar-refractivity contribution in [3.63, 3.8) is 0 Å². The van der Waals surface area contributed by atoms with Gasteiger partial charge in [-0.1, -0.05) is 209 Å². The number of aliphatic carboxylic acids is 1. The number of carbonyl (C=O) groups is 3. The van der Waals surface area contributed by atoms with Crippen LogP contribution in [0.2, 0.25) is 0 Å². The van der Waals surface area contributed by atoms with Crippen LogP contribution in [0.3, 0.4) is 0 Å². The average Bonchev–Trinajstić information content (AvgIpc) is 3.26. The molecule has 0 amide bonds. The third kappa shape index (κ3) is 44.2. The lowest BCUT2D eigenvalue weighted by atomic mass is 10.0. The lowest BCUT2D eigenvalue weighted by Crippen LogP contribution is -2.50. The molecule has 0 aromatic heterocycles. The number of quaternary nitrogens is 1. The summed E-state index contributed by atoms with van der Waals surface area (Å²) in [5, 5.41) is 9.66. The minimum absolute atomic E-state index is 0.0563. The number of carboxylic acid groups (broad SMARTS) is 1. The number of esters is 2. The largest absolute Gasteiger partial charge is 0.477 e. The molecule has 0 spiro atoms. The molecule has 8 nitrogen and oxygen atoms in total. The number of hydrogen-bond donors (Lipinski definition) is 1. The molecule has 0 aliphatic heterocycles. The monoisotopic (exact) mass is 899 g/mol. The van der Waals surface area contributed by atoms with Gasteiger partial charge in [0.15, 0.2) is 12.1 Å². The summed E-state index contributed by atoms with van der Waals surface area (Å²) >= 11 is 0. The van der Waals surface area contributed by atoms with Gasteiger partial charge < -0.3 is 23.8 Å². The van der Waals surface area contributed by atoms with E-state index >= 15 is 0 Å². The van der Waals surface area contributed by atoms with Gasteiger partial charge in [-0.2, -0.15) is 0 Å². The first-order valence-electron chi connectivity index (χ1n) is 26.3. The van der Waals surface area contributed by atoms with Crippen molar-refractivity contribution in [3.05, 3.63) is 60.8 Å². The highest BCUT2D eigenvalue weighted by molar-refractivity contribution is 5.72. The van der Waals surface area contributed by atoms with Crippen LogP contribution in [0.25, 0.3) is 0 Å². The highest BCUT2D eigenvalue weighted by atomic mass is 16.6. The fourth-order valence-electron chi connectivity index (χ4n) is 7.65. The first-order valence-corrected chi connectivity index (χ1v) is 26.3. The van der Waals surface area contributed by atoms with Crippen molar-refractivity contribution in [1.82, 2.24) is 0 Å². The molecule has 0 aliphatic rings. The molecular weight excluding hydrogens is 799 g/mol. The van der Waals surface area contributed by atoms with Crippen LogP contribution in [-0.4, -0.2) is 80.6 Å². The maximum atomic E-state index is 12.8. The summed E-state index contributed by atoms with van der Waals surface area (Å²) in [4.78, 5) is 37.2. The van der Waals surface area contributed by atoms with E-state index in [1.165, 1.54) is 116 Å². The fraction of sp³-hybridized carbons (Fsp3) is 0.768. The zero-order valence-corrected chi connectivity index (χ0v) is 42.2. The molecular formula is C56H100NO7+. The van der Waals surface area contributed by atoms with E-state index in [1.807, 2.05) is 21.1 Å². The van der Waals surface area contributed by atoms with E-state index in [4.69, 9.17) is 14.2 Å². The molecule has 0 heterocycles.